The molecule has 3 aliphatic rings. The smallest absolute Gasteiger partial charge is 0.0830 e. The highest BCUT2D eigenvalue weighted by Gasteiger charge is 2.53. The van der Waals surface area contributed by atoms with Gasteiger partial charge in [-0.2, -0.15) is 0 Å². The van der Waals surface area contributed by atoms with Gasteiger partial charge in [0.1, 0.15) is 0 Å². The molecule has 0 aromatic heterocycles. The summed E-state index contributed by atoms with van der Waals surface area (Å²) in [5, 5.41) is 14.5. The Labute approximate surface area is 92.4 Å². The van der Waals surface area contributed by atoms with Gasteiger partial charge < -0.3 is 10.4 Å². The van der Waals surface area contributed by atoms with Crippen molar-refractivity contribution in [3.05, 3.63) is 0 Å². The maximum absolute atomic E-state index is 10.9. The molecule has 0 radical (unpaired) electrons. The van der Waals surface area contributed by atoms with E-state index in [1.807, 2.05) is 0 Å². The van der Waals surface area contributed by atoms with Crippen LogP contribution in [0.4, 0.5) is 0 Å². The second kappa shape index (κ2) is 3.74. The Morgan fingerprint density at radius 1 is 1.07 bits per heavy atom. The summed E-state index contributed by atoms with van der Waals surface area (Å²) >= 11 is 0. The molecule has 15 heavy (non-hydrogen) atoms. The highest BCUT2D eigenvalue weighted by molar-refractivity contribution is 5.07. The third-order valence-corrected chi connectivity index (χ3v) is 5.03. The van der Waals surface area contributed by atoms with Crippen LogP contribution in [0.5, 0.6) is 0 Å². The van der Waals surface area contributed by atoms with E-state index < -0.39 is 0 Å². The van der Waals surface area contributed by atoms with E-state index in [0.717, 1.165) is 18.9 Å². The Morgan fingerprint density at radius 3 is 2.73 bits per heavy atom. The summed E-state index contributed by atoms with van der Waals surface area (Å²) in [6.07, 6.45) is 10.2. The lowest BCUT2D eigenvalue weighted by Crippen LogP contribution is -2.53. The molecule has 4 unspecified atom stereocenters. The lowest BCUT2D eigenvalue weighted by atomic mass is 9.77. The summed E-state index contributed by atoms with van der Waals surface area (Å²) in [7, 11) is 0. The van der Waals surface area contributed by atoms with E-state index in [4.69, 9.17) is 0 Å². The maximum atomic E-state index is 10.9. The van der Waals surface area contributed by atoms with Gasteiger partial charge in [0.05, 0.1) is 5.60 Å². The fourth-order valence-electron chi connectivity index (χ4n) is 4.23. The minimum Gasteiger partial charge on any atom is -0.388 e. The van der Waals surface area contributed by atoms with Crippen LogP contribution in [0.15, 0.2) is 0 Å². The molecule has 4 atom stereocenters. The minimum absolute atomic E-state index is 0.340. The molecule has 2 aliphatic carbocycles. The first-order chi connectivity index (χ1) is 7.29. The van der Waals surface area contributed by atoms with Gasteiger partial charge in [0.25, 0.3) is 0 Å². The predicted molar refractivity (Wildman–Crippen MR) is 60.7 cm³/mol. The molecule has 0 aromatic carbocycles. The van der Waals surface area contributed by atoms with Crippen LogP contribution in [0.25, 0.3) is 0 Å². The Kier molecular flexibility index (Phi) is 2.52. The van der Waals surface area contributed by atoms with Crippen molar-refractivity contribution in [3.8, 4) is 0 Å². The number of fused-ring (bicyclic) bond motifs is 2. The summed E-state index contributed by atoms with van der Waals surface area (Å²) in [5.41, 5.74) is -0.340. The molecule has 86 valence electrons. The monoisotopic (exact) mass is 209 g/mol. The quantitative estimate of drug-likeness (QED) is 0.693. The van der Waals surface area contributed by atoms with E-state index in [2.05, 4.69) is 5.32 Å². The second-order valence-corrected chi connectivity index (χ2v) is 5.93. The minimum atomic E-state index is -0.340. The topological polar surface area (TPSA) is 32.3 Å². The SMILES string of the molecule is OC1(C2CCCCCN2)CC2CCC1C2. The van der Waals surface area contributed by atoms with Crippen LogP contribution >= 0.6 is 0 Å². The van der Waals surface area contributed by atoms with Gasteiger partial charge in [0.15, 0.2) is 0 Å². The molecule has 2 heteroatoms. The molecule has 1 aliphatic heterocycles. The lowest BCUT2D eigenvalue weighted by Gasteiger charge is -2.39. The molecule has 2 nitrogen and oxygen atoms in total. The standard InChI is InChI=1S/C13H23NO/c15-13(9-10-5-6-11(13)8-10)12-4-2-1-3-7-14-12/h10-12,14-15H,1-9H2. The predicted octanol–water partition coefficient (Wildman–Crippen LogP) is 2.07. The molecule has 2 bridgehead atoms. The van der Waals surface area contributed by atoms with Crippen LogP contribution in [0.2, 0.25) is 0 Å². The molecule has 3 fully saturated rings. The molecule has 1 heterocycles. The Balaban J connectivity index is 1.74. The van der Waals surface area contributed by atoms with Crippen molar-refractivity contribution in [1.82, 2.24) is 5.32 Å². The van der Waals surface area contributed by atoms with Gasteiger partial charge in [-0.25, -0.2) is 0 Å². The zero-order valence-corrected chi connectivity index (χ0v) is 9.54. The van der Waals surface area contributed by atoms with E-state index in [1.54, 1.807) is 0 Å². The molecule has 0 amide bonds. The summed E-state index contributed by atoms with van der Waals surface area (Å²) in [4.78, 5) is 0. The van der Waals surface area contributed by atoms with Crippen LogP contribution in [0.3, 0.4) is 0 Å². The van der Waals surface area contributed by atoms with Crippen molar-refractivity contribution in [1.29, 1.82) is 0 Å². The average Bonchev–Trinajstić information content (AvgIpc) is 2.69. The number of nitrogens with one attached hydrogen (secondary N) is 1. The van der Waals surface area contributed by atoms with Gasteiger partial charge in [-0.05, 0) is 56.9 Å². The Morgan fingerprint density at radius 2 is 2.00 bits per heavy atom. The van der Waals surface area contributed by atoms with E-state index in [9.17, 15) is 5.11 Å². The summed E-state index contributed by atoms with van der Waals surface area (Å²) in [5.74, 6) is 1.45. The highest BCUT2D eigenvalue weighted by atomic mass is 16.3. The molecule has 0 spiro atoms. The van der Waals surface area contributed by atoms with Crippen molar-refractivity contribution >= 4 is 0 Å². The number of hydrogen-bond donors (Lipinski definition) is 2. The molecular weight excluding hydrogens is 186 g/mol. The van der Waals surface area contributed by atoms with E-state index in [-0.39, 0.29) is 5.60 Å². The Bertz CT molecular complexity index is 235. The average molecular weight is 209 g/mol. The fourth-order valence-corrected chi connectivity index (χ4v) is 4.23. The molecule has 2 N–H and O–H groups in total. The first-order valence-electron chi connectivity index (χ1n) is 6.75. The van der Waals surface area contributed by atoms with Crippen LogP contribution in [-0.4, -0.2) is 23.3 Å². The lowest BCUT2D eigenvalue weighted by molar-refractivity contribution is -0.0472. The van der Waals surface area contributed by atoms with Crippen LogP contribution in [0, 0.1) is 11.8 Å². The third-order valence-electron chi connectivity index (χ3n) is 5.03. The first kappa shape index (κ1) is 10.1. The second-order valence-electron chi connectivity index (χ2n) is 5.93. The fraction of sp³-hybridized carbons (Fsp3) is 1.00. The Hall–Kier alpha value is -0.0800. The summed E-state index contributed by atoms with van der Waals surface area (Å²) in [6.45, 7) is 1.12. The van der Waals surface area contributed by atoms with Gasteiger partial charge in [-0.3, -0.25) is 0 Å². The van der Waals surface area contributed by atoms with Gasteiger partial charge in [-0.1, -0.05) is 12.8 Å². The molecule has 3 rings (SSSR count). The normalized spacial score (nSPS) is 50.6. The third kappa shape index (κ3) is 1.62. The van der Waals surface area contributed by atoms with Crippen molar-refractivity contribution in [2.24, 2.45) is 11.8 Å². The first-order valence-corrected chi connectivity index (χ1v) is 6.75. The van der Waals surface area contributed by atoms with Crippen LogP contribution in [0.1, 0.15) is 51.4 Å². The zero-order valence-electron chi connectivity index (χ0n) is 9.54. The largest absolute Gasteiger partial charge is 0.388 e. The summed E-state index contributed by atoms with van der Waals surface area (Å²) < 4.78 is 0. The van der Waals surface area contributed by atoms with Gasteiger partial charge in [-0.15, -0.1) is 0 Å². The number of rotatable bonds is 1. The maximum Gasteiger partial charge on any atom is 0.0830 e. The summed E-state index contributed by atoms with van der Waals surface area (Å²) in [6, 6.07) is 0.398. The molecule has 2 saturated carbocycles. The van der Waals surface area contributed by atoms with Gasteiger partial charge >= 0.3 is 0 Å². The van der Waals surface area contributed by atoms with E-state index in [0.29, 0.717) is 12.0 Å². The van der Waals surface area contributed by atoms with Gasteiger partial charge in [0, 0.05) is 6.04 Å². The number of aliphatic hydroxyl groups is 1. The number of hydrogen-bond acceptors (Lipinski definition) is 2. The molecular formula is C13H23NO. The van der Waals surface area contributed by atoms with Crippen molar-refractivity contribution in [3.63, 3.8) is 0 Å². The van der Waals surface area contributed by atoms with E-state index in [1.165, 1.54) is 44.9 Å². The molecule has 1 saturated heterocycles. The van der Waals surface area contributed by atoms with Crippen molar-refractivity contribution in [2.45, 2.75) is 63.0 Å². The molecule has 0 aromatic rings. The zero-order chi connectivity index (χ0) is 10.3. The van der Waals surface area contributed by atoms with Crippen molar-refractivity contribution < 1.29 is 5.11 Å². The van der Waals surface area contributed by atoms with Crippen LogP contribution < -0.4 is 5.32 Å². The van der Waals surface area contributed by atoms with E-state index >= 15 is 0 Å². The van der Waals surface area contributed by atoms with Crippen molar-refractivity contribution in [2.75, 3.05) is 6.54 Å². The van der Waals surface area contributed by atoms with Gasteiger partial charge in [0.2, 0.25) is 0 Å². The van der Waals surface area contributed by atoms with Crippen LogP contribution in [-0.2, 0) is 0 Å². The highest BCUT2D eigenvalue weighted by Crippen LogP contribution is 2.52.